The minimum absolute atomic E-state index is 0.115. The second-order valence-electron chi connectivity index (χ2n) is 3.99. The Balaban J connectivity index is 2.17. The third-order valence-corrected chi connectivity index (χ3v) is 2.72. The third kappa shape index (κ3) is 2.74. The monoisotopic (exact) mass is 240 g/mol. The van der Waals surface area contributed by atoms with Gasteiger partial charge >= 0.3 is 0 Å². The van der Waals surface area contributed by atoms with Crippen LogP contribution in [0.1, 0.15) is 23.8 Å². The van der Waals surface area contributed by atoms with Gasteiger partial charge in [-0.3, -0.25) is 9.78 Å². The molecule has 0 unspecified atom stereocenters. The van der Waals surface area contributed by atoms with Crippen molar-refractivity contribution in [1.29, 1.82) is 0 Å². The van der Waals surface area contributed by atoms with Crippen LogP contribution in [0, 0.1) is 0 Å². The van der Waals surface area contributed by atoms with Gasteiger partial charge in [0.15, 0.2) is 0 Å². The summed E-state index contributed by atoms with van der Waals surface area (Å²) in [5.41, 5.74) is 0.494. The van der Waals surface area contributed by atoms with Crippen LogP contribution in [0.2, 0.25) is 0 Å². The van der Waals surface area contributed by atoms with Gasteiger partial charge in [-0.05, 0) is 24.8 Å². The summed E-state index contributed by atoms with van der Waals surface area (Å²) in [6.45, 7) is 2.60. The first-order chi connectivity index (χ1) is 8.83. The molecule has 0 saturated carbocycles. The van der Waals surface area contributed by atoms with E-state index in [4.69, 9.17) is 0 Å². The molecule has 1 N–H and O–H groups in total. The third-order valence-electron chi connectivity index (χ3n) is 2.72. The van der Waals surface area contributed by atoms with E-state index in [0.29, 0.717) is 12.2 Å². The second kappa shape index (κ2) is 5.96. The van der Waals surface area contributed by atoms with E-state index < -0.39 is 0 Å². The zero-order valence-electron chi connectivity index (χ0n) is 10.4. The maximum absolute atomic E-state index is 12.0. The standard InChI is InChI=1S/C15H16N2O/c1-2-3-6-10-17-15(18)14-13-8-5-4-7-12(13)9-11-16-14/h2-5,7-9,11H,6,10H2,1H3,(H,17,18)/b3-2+. The van der Waals surface area contributed by atoms with Crippen molar-refractivity contribution in [3.05, 3.63) is 54.4 Å². The quantitative estimate of drug-likeness (QED) is 0.659. The number of amides is 1. The number of fused-ring (bicyclic) bond motifs is 1. The zero-order valence-corrected chi connectivity index (χ0v) is 10.4. The molecule has 0 aliphatic rings. The molecule has 0 saturated heterocycles. The fraction of sp³-hybridized carbons (Fsp3) is 0.200. The molecular weight excluding hydrogens is 224 g/mol. The van der Waals surface area contributed by atoms with Gasteiger partial charge in [0.2, 0.25) is 0 Å². The van der Waals surface area contributed by atoms with E-state index in [-0.39, 0.29) is 5.91 Å². The van der Waals surface area contributed by atoms with E-state index in [1.165, 1.54) is 0 Å². The van der Waals surface area contributed by atoms with Gasteiger partial charge in [0, 0.05) is 18.1 Å². The molecule has 0 atom stereocenters. The molecule has 2 rings (SSSR count). The Morgan fingerprint density at radius 3 is 3.00 bits per heavy atom. The van der Waals surface area contributed by atoms with Crippen molar-refractivity contribution >= 4 is 16.7 Å². The Kier molecular flexibility index (Phi) is 4.07. The highest BCUT2D eigenvalue weighted by atomic mass is 16.1. The molecule has 0 aliphatic heterocycles. The average molecular weight is 240 g/mol. The Morgan fingerprint density at radius 1 is 1.33 bits per heavy atom. The van der Waals surface area contributed by atoms with E-state index in [2.05, 4.69) is 10.3 Å². The number of carbonyl (C=O) groups excluding carboxylic acids is 1. The molecule has 3 nitrogen and oxygen atoms in total. The van der Waals surface area contributed by atoms with Crippen molar-refractivity contribution < 1.29 is 4.79 Å². The number of nitrogens with zero attached hydrogens (tertiary/aromatic N) is 1. The molecule has 18 heavy (non-hydrogen) atoms. The SMILES string of the molecule is C/C=C/CCNC(=O)c1nccc2ccccc12. The Morgan fingerprint density at radius 2 is 2.17 bits per heavy atom. The van der Waals surface area contributed by atoms with Crippen molar-refractivity contribution in [2.24, 2.45) is 0 Å². The molecule has 0 radical (unpaired) electrons. The molecule has 0 spiro atoms. The summed E-state index contributed by atoms with van der Waals surface area (Å²) in [7, 11) is 0. The fourth-order valence-electron chi connectivity index (χ4n) is 1.82. The average Bonchev–Trinajstić information content (AvgIpc) is 2.43. The predicted octanol–water partition coefficient (Wildman–Crippen LogP) is 2.93. The van der Waals surface area contributed by atoms with Crippen LogP contribution in [0.15, 0.2) is 48.7 Å². The highest BCUT2D eigenvalue weighted by Crippen LogP contribution is 2.15. The zero-order chi connectivity index (χ0) is 12.8. The molecule has 1 aromatic heterocycles. The Hall–Kier alpha value is -2.16. The van der Waals surface area contributed by atoms with Crippen molar-refractivity contribution in [3.8, 4) is 0 Å². The van der Waals surface area contributed by atoms with Crippen LogP contribution >= 0.6 is 0 Å². The summed E-state index contributed by atoms with van der Waals surface area (Å²) >= 11 is 0. The normalized spacial score (nSPS) is 10.9. The summed E-state index contributed by atoms with van der Waals surface area (Å²) in [6.07, 6.45) is 6.51. The van der Waals surface area contributed by atoms with Crippen LogP contribution in [0.5, 0.6) is 0 Å². The number of hydrogen-bond acceptors (Lipinski definition) is 2. The van der Waals surface area contributed by atoms with Crippen LogP contribution in [0.4, 0.5) is 0 Å². The molecule has 0 bridgehead atoms. The number of benzene rings is 1. The summed E-state index contributed by atoms with van der Waals surface area (Å²) in [5, 5.41) is 4.80. The lowest BCUT2D eigenvalue weighted by atomic mass is 10.1. The summed E-state index contributed by atoms with van der Waals surface area (Å²) < 4.78 is 0. The highest BCUT2D eigenvalue weighted by molar-refractivity contribution is 6.05. The van der Waals surface area contributed by atoms with E-state index in [1.54, 1.807) is 6.20 Å². The Bertz CT molecular complexity index is 570. The number of rotatable bonds is 4. The van der Waals surface area contributed by atoms with E-state index in [1.807, 2.05) is 49.4 Å². The summed E-state index contributed by atoms with van der Waals surface area (Å²) in [4.78, 5) is 16.2. The van der Waals surface area contributed by atoms with Crippen LogP contribution in [0.25, 0.3) is 10.8 Å². The predicted molar refractivity (Wildman–Crippen MR) is 73.5 cm³/mol. The van der Waals surface area contributed by atoms with E-state index in [9.17, 15) is 4.79 Å². The summed E-state index contributed by atoms with van der Waals surface area (Å²) in [6, 6.07) is 9.68. The number of allylic oxidation sites excluding steroid dienone is 1. The van der Waals surface area contributed by atoms with Gasteiger partial charge in [0.25, 0.3) is 5.91 Å². The van der Waals surface area contributed by atoms with Crippen molar-refractivity contribution in [1.82, 2.24) is 10.3 Å². The number of aromatic nitrogens is 1. The molecule has 0 aliphatic carbocycles. The molecular formula is C15H16N2O. The number of pyridine rings is 1. The molecule has 1 amide bonds. The smallest absolute Gasteiger partial charge is 0.270 e. The largest absolute Gasteiger partial charge is 0.350 e. The molecule has 1 heterocycles. The second-order valence-corrected chi connectivity index (χ2v) is 3.99. The number of nitrogens with one attached hydrogen (secondary N) is 1. The molecule has 3 heteroatoms. The first-order valence-electron chi connectivity index (χ1n) is 6.06. The van der Waals surface area contributed by atoms with Crippen molar-refractivity contribution in [2.75, 3.05) is 6.54 Å². The molecule has 0 fully saturated rings. The van der Waals surface area contributed by atoms with Gasteiger partial charge in [0.1, 0.15) is 5.69 Å². The van der Waals surface area contributed by atoms with Gasteiger partial charge in [0.05, 0.1) is 0 Å². The van der Waals surface area contributed by atoms with E-state index >= 15 is 0 Å². The van der Waals surface area contributed by atoms with E-state index in [0.717, 1.165) is 17.2 Å². The number of carbonyl (C=O) groups is 1. The van der Waals surface area contributed by atoms with Gasteiger partial charge in [-0.1, -0.05) is 36.4 Å². The Labute approximate surface area is 107 Å². The van der Waals surface area contributed by atoms with Crippen LogP contribution in [-0.2, 0) is 0 Å². The topological polar surface area (TPSA) is 42.0 Å². The minimum Gasteiger partial charge on any atom is -0.350 e. The maximum Gasteiger partial charge on any atom is 0.270 e. The molecule has 2 aromatic rings. The van der Waals surface area contributed by atoms with Crippen molar-refractivity contribution in [3.63, 3.8) is 0 Å². The van der Waals surface area contributed by atoms with Gasteiger partial charge in [-0.25, -0.2) is 0 Å². The fourth-order valence-corrected chi connectivity index (χ4v) is 1.82. The lowest BCUT2D eigenvalue weighted by Gasteiger charge is -2.06. The molecule has 92 valence electrons. The van der Waals surface area contributed by atoms with Gasteiger partial charge in [-0.2, -0.15) is 0 Å². The lowest BCUT2D eigenvalue weighted by Crippen LogP contribution is -2.25. The lowest BCUT2D eigenvalue weighted by molar-refractivity contribution is 0.0951. The van der Waals surface area contributed by atoms with Gasteiger partial charge < -0.3 is 5.32 Å². The van der Waals surface area contributed by atoms with Gasteiger partial charge in [-0.15, -0.1) is 0 Å². The van der Waals surface area contributed by atoms with Crippen LogP contribution in [-0.4, -0.2) is 17.4 Å². The molecule has 1 aromatic carbocycles. The van der Waals surface area contributed by atoms with Crippen molar-refractivity contribution in [2.45, 2.75) is 13.3 Å². The van der Waals surface area contributed by atoms with Crippen LogP contribution < -0.4 is 5.32 Å². The minimum atomic E-state index is -0.115. The first kappa shape index (κ1) is 12.3. The van der Waals surface area contributed by atoms with Crippen LogP contribution in [0.3, 0.4) is 0 Å². The first-order valence-corrected chi connectivity index (χ1v) is 6.06. The summed E-state index contributed by atoms with van der Waals surface area (Å²) in [5.74, 6) is -0.115. The number of hydrogen-bond donors (Lipinski definition) is 1. The maximum atomic E-state index is 12.0. The highest BCUT2D eigenvalue weighted by Gasteiger charge is 2.09.